The number of hydrogen-bond acceptors (Lipinski definition) is 3. The quantitative estimate of drug-likeness (QED) is 0.523. The van der Waals surface area contributed by atoms with Gasteiger partial charge in [-0.25, -0.2) is 0 Å². The van der Waals surface area contributed by atoms with Gasteiger partial charge in [-0.15, -0.1) is 0 Å². The van der Waals surface area contributed by atoms with E-state index in [-0.39, 0.29) is 17.9 Å². The molecule has 0 aromatic carbocycles. The van der Waals surface area contributed by atoms with E-state index in [1.54, 1.807) is 0 Å². The molecule has 0 bridgehead atoms. The van der Waals surface area contributed by atoms with Crippen molar-refractivity contribution in [1.29, 1.82) is 0 Å². The molecule has 0 aromatic rings. The Balaban J connectivity index is 2.42. The van der Waals surface area contributed by atoms with E-state index in [0.29, 0.717) is 6.61 Å². The smallest absolute Gasteiger partial charge is 0.308 e. The molecule has 0 amide bonds. The van der Waals surface area contributed by atoms with Gasteiger partial charge >= 0.3 is 5.97 Å². The summed E-state index contributed by atoms with van der Waals surface area (Å²) in [6, 6.07) is 0.192. The molecule has 2 unspecified atom stereocenters. The molecule has 3 nitrogen and oxygen atoms in total. The maximum absolute atomic E-state index is 11.4. The Hall–Kier alpha value is -0.570. The Bertz CT molecular complexity index is 170. The molecule has 0 heterocycles. The standard InChI is InChI=1S/C10H19NO2/c1-2-13-10(12)8-5-3-4-6-9(11)7-8/h8-9H,2-7,11H2,1H3. The van der Waals surface area contributed by atoms with E-state index in [9.17, 15) is 4.79 Å². The molecule has 3 heteroatoms. The van der Waals surface area contributed by atoms with Gasteiger partial charge in [-0.05, 0) is 26.2 Å². The average Bonchev–Trinajstić information content (AvgIpc) is 2.30. The van der Waals surface area contributed by atoms with Gasteiger partial charge in [0.05, 0.1) is 12.5 Å². The third kappa shape index (κ3) is 3.35. The van der Waals surface area contributed by atoms with E-state index in [4.69, 9.17) is 10.5 Å². The van der Waals surface area contributed by atoms with Gasteiger partial charge in [0.15, 0.2) is 0 Å². The lowest BCUT2D eigenvalue weighted by Gasteiger charge is -2.14. The highest BCUT2D eigenvalue weighted by Gasteiger charge is 2.24. The molecule has 13 heavy (non-hydrogen) atoms. The highest BCUT2D eigenvalue weighted by molar-refractivity contribution is 5.72. The second-order valence-electron chi connectivity index (χ2n) is 3.73. The molecule has 1 saturated carbocycles. The molecule has 1 rings (SSSR count). The van der Waals surface area contributed by atoms with Crippen molar-refractivity contribution in [3.8, 4) is 0 Å². The summed E-state index contributed by atoms with van der Waals surface area (Å²) in [5.74, 6) is -0.00250. The van der Waals surface area contributed by atoms with Gasteiger partial charge in [-0.2, -0.15) is 0 Å². The minimum absolute atomic E-state index is 0.0532. The topological polar surface area (TPSA) is 52.3 Å². The Morgan fingerprint density at radius 3 is 2.85 bits per heavy atom. The fourth-order valence-electron chi connectivity index (χ4n) is 1.87. The first-order valence-electron chi connectivity index (χ1n) is 5.16. The van der Waals surface area contributed by atoms with Crippen LogP contribution in [0.5, 0.6) is 0 Å². The largest absolute Gasteiger partial charge is 0.466 e. The molecule has 1 aliphatic carbocycles. The van der Waals surface area contributed by atoms with Crippen LogP contribution in [0.2, 0.25) is 0 Å². The molecule has 0 aromatic heterocycles. The first kappa shape index (κ1) is 10.5. The van der Waals surface area contributed by atoms with Crippen LogP contribution in [0.15, 0.2) is 0 Å². The Morgan fingerprint density at radius 2 is 2.15 bits per heavy atom. The van der Waals surface area contributed by atoms with E-state index in [1.807, 2.05) is 6.92 Å². The lowest BCUT2D eigenvalue weighted by Crippen LogP contribution is -2.26. The zero-order valence-corrected chi connectivity index (χ0v) is 8.29. The van der Waals surface area contributed by atoms with E-state index < -0.39 is 0 Å². The van der Waals surface area contributed by atoms with Crippen molar-refractivity contribution >= 4 is 5.97 Å². The normalized spacial score (nSPS) is 29.4. The first-order valence-corrected chi connectivity index (χ1v) is 5.16. The van der Waals surface area contributed by atoms with Crippen molar-refractivity contribution in [2.75, 3.05) is 6.61 Å². The van der Waals surface area contributed by atoms with Crippen molar-refractivity contribution < 1.29 is 9.53 Å². The van der Waals surface area contributed by atoms with Gasteiger partial charge in [0.1, 0.15) is 0 Å². The number of ether oxygens (including phenoxy) is 1. The number of carbonyl (C=O) groups excluding carboxylic acids is 1. The zero-order valence-electron chi connectivity index (χ0n) is 8.29. The summed E-state index contributed by atoms with van der Waals surface area (Å²) in [4.78, 5) is 11.4. The van der Waals surface area contributed by atoms with Crippen molar-refractivity contribution in [3.05, 3.63) is 0 Å². The second kappa shape index (κ2) is 5.22. The van der Waals surface area contributed by atoms with Gasteiger partial charge in [0.2, 0.25) is 0 Å². The maximum atomic E-state index is 11.4. The molecule has 0 aliphatic heterocycles. The summed E-state index contributed by atoms with van der Waals surface area (Å²) in [6.07, 6.45) is 5.07. The van der Waals surface area contributed by atoms with Crippen LogP contribution >= 0.6 is 0 Å². The summed E-state index contributed by atoms with van der Waals surface area (Å²) >= 11 is 0. The molecule has 0 radical (unpaired) electrons. The van der Waals surface area contributed by atoms with E-state index in [0.717, 1.165) is 32.1 Å². The van der Waals surface area contributed by atoms with Gasteiger partial charge in [0, 0.05) is 6.04 Å². The van der Waals surface area contributed by atoms with Crippen LogP contribution in [0.1, 0.15) is 39.0 Å². The predicted octanol–water partition coefficient (Wildman–Crippen LogP) is 1.46. The fourth-order valence-corrected chi connectivity index (χ4v) is 1.87. The van der Waals surface area contributed by atoms with Gasteiger partial charge in [-0.3, -0.25) is 4.79 Å². The number of hydrogen-bond donors (Lipinski definition) is 1. The molecular weight excluding hydrogens is 166 g/mol. The van der Waals surface area contributed by atoms with Crippen LogP contribution in [-0.4, -0.2) is 18.6 Å². The Morgan fingerprint density at radius 1 is 1.46 bits per heavy atom. The SMILES string of the molecule is CCOC(=O)C1CCCCC(N)C1. The van der Waals surface area contributed by atoms with Crippen LogP contribution in [-0.2, 0) is 9.53 Å². The lowest BCUT2D eigenvalue weighted by molar-refractivity contribution is -0.148. The van der Waals surface area contributed by atoms with Gasteiger partial charge < -0.3 is 10.5 Å². The average molecular weight is 185 g/mol. The minimum atomic E-state index is -0.0557. The van der Waals surface area contributed by atoms with E-state index in [2.05, 4.69) is 0 Å². The monoisotopic (exact) mass is 185 g/mol. The van der Waals surface area contributed by atoms with Crippen LogP contribution in [0.3, 0.4) is 0 Å². The number of carbonyl (C=O) groups is 1. The summed E-state index contributed by atoms with van der Waals surface area (Å²) < 4.78 is 4.99. The molecule has 0 spiro atoms. The first-order chi connectivity index (χ1) is 6.24. The molecule has 2 atom stereocenters. The van der Waals surface area contributed by atoms with Crippen LogP contribution in [0.25, 0.3) is 0 Å². The van der Waals surface area contributed by atoms with Crippen molar-refractivity contribution in [3.63, 3.8) is 0 Å². The predicted molar refractivity (Wildman–Crippen MR) is 51.2 cm³/mol. The zero-order chi connectivity index (χ0) is 9.68. The molecule has 1 aliphatic rings. The summed E-state index contributed by atoms with van der Waals surface area (Å²) in [6.45, 7) is 2.32. The van der Waals surface area contributed by atoms with E-state index >= 15 is 0 Å². The summed E-state index contributed by atoms with van der Waals surface area (Å²) in [7, 11) is 0. The molecular formula is C10H19NO2. The maximum Gasteiger partial charge on any atom is 0.308 e. The number of rotatable bonds is 2. The third-order valence-corrected chi connectivity index (χ3v) is 2.58. The molecule has 2 N–H and O–H groups in total. The molecule has 1 fully saturated rings. The Labute approximate surface area is 79.6 Å². The van der Waals surface area contributed by atoms with Crippen molar-refractivity contribution in [2.45, 2.75) is 45.1 Å². The number of esters is 1. The van der Waals surface area contributed by atoms with Crippen molar-refractivity contribution in [1.82, 2.24) is 0 Å². The van der Waals surface area contributed by atoms with Crippen LogP contribution in [0.4, 0.5) is 0 Å². The Kier molecular flexibility index (Phi) is 4.22. The highest BCUT2D eigenvalue weighted by atomic mass is 16.5. The summed E-state index contributed by atoms with van der Waals surface area (Å²) in [5, 5.41) is 0. The van der Waals surface area contributed by atoms with Crippen molar-refractivity contribution in [2.24, 2.45) is 11.7 Å². The van der Waals surface area contributed by atoms with Crippen LogP contribution in [0, 0.1) is 5.92 Å². The van der Waals surface area contributed by atoms with E-state index in [1.165, 1.54) is 0 Å². The van der Waals surface area contributed by atoms with Crippen LogP contribution < -0.4 is 5.73 Å². The summed E-state index contributed by atoms with van der Waals surface area (Å²) in [5.41, 5.74) is 5.85. The molecule has 0 saturated heterocycles. The molecule has 76 valence electrons. The second-order valence-corrected chi connectivity index (χ2v) is 3.73. The minimum Gasteiger partial charge on any atom is -0.466 e. The van der Waals surface area contributed by atoms with Gasteiger partial charge in [0.25, 0.3) is 0 Å². The third-order valence-electron chi connectivity index (χ3n) is 2.58. The highest BCUT2D eigenvalue weighted by Crippen LogP contribution is 2.23. The lowest BCUT2D eigenvalue weighted by atomic mass is 9.99. The van der Waals surface area contributed by atoms with Gasteiger partial charge in [-0.1, -0.05) is 12.8 Å². The fraction of sp³-hybridized carbons (Fsp3) is 0.900. The number of nitrogens with two attached hydrogens (primary N) is 1.